The summed E-state index contributed by atoms with van der Waals surface area (Å²) in [6.07, 6.45) is 1.88. The van der Waals surface area contributed by atoms with Crippen molar-refractivity contribution in [3.05, 3.63) is 33.2 Å². The standard InChI is InChI=1S/C12H15NO3/c1-7-6-9(14)13(12(3)4-5-12)8(2)10(7)11(15)16/h6H,4-5H2,1-3H3,(H,15,16). The fourth-order valence-corrected chi connectivity index (χ4v) is 2.28. The highest BCUT2D eigenvalue weighted by Gasteiger charge is 2.41. The van der Waals surface area contributed by atoms with E-state index in [2.05, 4.69) is 0 Å². The number of aromatic carboxylic acids is 1. The van der Waals surface area contributed by atoms with Gasteiger partial charge < -0.3 is 9.67 Å². The molecule has 0 aliphatic heterocycles. The average molecular weight is 221 g/mol. The summed E-state index contributed by atoms with van der Waals surface area (Å²) in [7, 11) is 0. The molecule has 4 heteroatoms. The van der Waals surface area contributed by atoms with Crippen molar-refractivity contribution in [3.8, 4) is 0 Å². The molecule has 0 saturated heterocycles. The van der Waals surface area contributed by atoms with Crippen molar-refractivity contribution < 1.29 is 9.90 Å². The van der Waals surface area contributed by atoms with E-state index in [0.29, 0.717) is 11.3 Å². The van der Waals surface area contributed by atoms with E-state index < -0.39 is 5.97 Å². The average Bonchev–Trinajstić information content (AvgIpc) is 2.81. The van der Waals surface area contributed by atoms with Crippen LogP contribution in [-0.2, 0) is 5.54 Å². The number of hydrogen-bond donors (Lipinski definition) is 1. The van der Waals surface area contributed by atoms with Gasteiger partial charge >= 0.3 is 5.97 Å². The Balaban J connectivity index is 2.76. The highest BCUT2D eigenvalue weighted by Crippen LogP contribution is 2.42. The van der Waals surface area contributed by atoms with Crippen molar-refractivity contribution in [3.63, 3.8) is 0 Å². The number of carbonyl (C=O) groups is 1. The summed E-state index contributed by atoms with van der Waals surface area (Å²) in [6, 6.07) is 1.42. The van der Waals surface area contributed by atoms with E-state index in [1.807, 2.05) is 6.92 Å². The maximum Gasteiger partial charge on any atom is 0.337 e. The Hall–Kier alpha value is -1.58. The van der Waals surface area contributed by atoms with Crippen LogP contribution in [0.15, 0.2) is 10.9 Å². The van der Waals surface area contributed by atoms with Crippen LogP contribution in [0, 0.1) is 13.8 Å². The number of carboxylic acid groups (broad SMARTS) is 1. The van der Waals surface area contributed by atoms with Crippen LogP contribution in [0.2, 0.25) is 0 Å². The molecule has 0 atom stereocenters. The molecule has 0 spiro atoms. The van der Waals surface area contributed by atoms with Gasteiger partial charge in [-0.15, -0.1) is 0 Å². The summed E-state index contributed by atoms with van der Waals surface area (Å²) in [5.74, 6) is -0.965. The van der Waals surface area contributed by atoms with Crippen molar-refractivity contribution >= 4 is 5.97 Å². The number of aromatic nitrogens is 1. The first-order valence-corrected chi connectivity index (χ1v) is 5.34. The monoisotopic (exact) mass is 221 g/mol. The zero-order chi connectivity index (χ0) is 12.1. The second-order valence-electron chi connectivity index (χ2n) is 4.76. The quantitative estimate of drug-likeness (QED) is 0.826. The molecule has 2 rings (SSSR count). The summed E-state index contributed by atoms with van der Waals surface area (Å²) in [5.41, 5.74) is 1.10. The summed E-state index contributed by atoms with van der Waals surface area (Å²) < 4.78 is 1.63. The molecule has 86 valence electrons. The Morgan fingerprint density at radius 2 is 2.00 bits per heavy atom. The zero-order valence-electron chi connectivity index (χ0n) is 9.70. The van der Waals surface area contributed by atoms with E-state index in [1.54, 1.807) is 18.4 Å². The first-order valence-electron chi connectivity index (χ1n) is 5.34. The molecule has 1 aliphatic carbocycles. The van der Waals surface area contributed by atoms with Crippen LogP contribution in [-0.4, -0.2) is 15.6 Å². The molecule has 1 aromatic heterocycles. The maximum absolute atomic E-state index is 11.9. The van der Waals surface area contributed by atoms with Crippen molar-refractivity contribution in [2.45, 2.75) is 39.2 Å². The van der Waals surface area contributed by atoms with Crippen molar-refractivity contribution in [2.24, 2.45) is 0 Å². The molecule has 16 heavy (non-hydrogen) atoms. The van der Waals surface area contributed by atoms with E-state index in [9.17, 15) is 9.59 Å². The molecule has 1 fully saturated rings. The number of carboxylic acids is 1. The molecule has 1 aromatic rings. The van der Waals surface area contributed by atoms with Gasteiger partial charge in [0.15, 0.2) is 0 Å². The molecule has 0 unspecified atom stereocenters. The minimum absolute atomic E-state index is 0.0972. The Morgan fingerprint density at radius 1 is 1.44 bits per heavy atom. The van der Waals surface area contributed by atoms with Gasteiger partial charge in [-0.3, -0.25) is 4.79 Å². The SMILES string of the molecule is Cc1cc(=O)n(C2(C)CC2)c(C)c1C(=O)O. The fourth-order valence-electron chi connectivity index (χ4n) is 2.28. The van der Waals surface area contributed by atoms with Gasteiger partial charge in [-0.2, -0.15) is 0 Å². The molecule has 1 saturated carbocycles. The lowest BCUT2D eigenvalue weighted by Gasteiger charge is -2.19. The molecular formula is C12H15NO3. The van der Waals surface area contributed by atoms with Gasteiger partial charge in [0, 0.05) is 17.3 Å². The molecular weight excluding hydrogens is 206 g/mol. The predicted molar refractivity (Wildman–Crippen MR) is 60.0 cm³/mol. The molecule has 0 bridgehead atoms. The fraction of sp³-hybridized carbons (Fsp3) is 0.500. The van der Waals surface area contributed by atoms with Crippen molar-refractivity contribution in [1.29, 1.82) is 0 Å². The first kappa shape index (κ1) is 10.9. The summed E-state index contributed by atoms with van der Waals surface area (Å²) in [6.45, 7) is 5.36. The van der Waals surface area contributed by atoms with E-state index in [-0.39, 0.29) is 16.7 Å². The number of hydrogen-bond acceptors (Lipinski definition) is 2. The second-order valence-corrected chi connectivity index (χ2v) is 4.76. The normalized spacial score (nSPS) is 17.2. The molecule has 1 N–H and O–H groups in total. The largest absolute Gasteiger partial charge is 0.478 e. The first-order chi connectivity index (χ1) is 7.37. The third kappa shape index (κ3) is 1.45. The molecule has 0 amide bonds. The smallest absolute Gasteiger partial charge is 0.337 e. The Bertz CT molecular complexity index is 524. The van der Waals surface area contributed by atoms with Gasteiger partial charge in [0.25, 0.3) is 5.56 Å². The van der Waals surface area contributed by atoms with Crippen LogP contribution in [0.25, 0.3) is 0 Å². The third-order valence-electron chi connectivity index (χ3n) is 3.38. The van der Waals surface area contributed by atoms with Crippen LogP contribution in [0.3, 0.4) is 0 Å². The van der Waals surface area contributed by atoms with Crippen LogP contribution in [0.1, 0.15) is 41.4 Å². The lowest BCUT2D eigenvalue weighted by Crippen LogP contribution is -2.32. The van der Waals surface area contributed by atoms with Crippen LogP contribution in [0.4, 0.5) is 0 Å². The molecule has 1 aliphatic rings. The zero-order valence-corrected chi connectivity index (χ0v) is 9.70. The van der Waals surface area contributed by atoms with Gasteiger partial charge in [0.2, 0.25) is 0 Å². The van der Waals surface area contributed by atoms with E-state index in [1.165, 1.54) is 6.07 Å². The lowest BCUT2D eigenvalue weighted by atomic mass is 10.1. The van der Waals surface area contributed by atoms with Gasteiger partial charge in [-0.05, 0) is 39.2 Å². The Morgan fingerprint density at radius 3 is 2.44 bits per heavy atom. The van der Waals surface area contributed by atoms with Gasteiger partial charge in [0.1, 0.15) is 0 Å². The Kier molecular flexibility index (Phi) is 2.19. The van der Waals surface area contributed by atoms with Crippen LogP contribution >= 0.6 is 0 Å². The van der Waals surface area contributed by atoms with Crippen LogP contribution in [0.5, 0.6) is 0 Å². The molecule has 0 aromatic carbocycles. The van der Waals surface area contributed by atoms with Crippen LogP contribution < -0.4 is 5.56 Å². The predicted octanol–water partition coefficient (Wildman–Crippen LogP) is 1.67. The Labute approximate surface area is 93.5 Å². The van der Waals surface area contributed by atoms with Gasteiger partial charge in [-0.1, -0.05) is 0 Å². The number of nitrogens with zero attached hydrogens (tertiary/aromatic N) is 1. The van der Waals surface area contributed by atoms with E-state index >= 15 is 0 Å². The molecule has 1 heterocycles. The minimum atomic E-state index is -0.965. The second kappa shape index (κ2) is 3.20. The van der Waals surface area contributed by atoms with Gasteiger partial charge in [-0.25, -0.2) is 4.79 Å². The van der Waals surface area contributed by atoms with E-state index in [0.717, 1.165) is 12.8 Å². The number of rotatable bonds is 2. The highest BCUT2D eigenvalue weighted by atomic mass is 16.4. The molecule has 0 radical (unpaired) electrons. The third-order valence-corrected chi connectivity index (χ3v) is 3.38. The lowest BCUT2D eigenvalue weighted by molar-refractivity contribution is 0.0694. The summed E-state index contributed by atoms with van der Waals surface area (Å²) in [4.78, 5) is 23.0. The van der Waals surface area contributed by atoms with Gasteiger partial charge in [0.05, 0.1) is 5.56 Å². The summed E-state index contributed by atoms with van der Waals surface area (Å²) in [5, 5.41) is 9.13. The summed E-state index contributed by atoms with van der Waals surface area (Å²) >= 11 is 0. The maximum atomic E-state index is 11.9. The highest BCUT2D eigenvalue weighted by molar-refractivity contribution is 5.90. The topological polar surface area (TPSA) is 59.3 Å². The van der Waals surface area contributed by atoms with Crippen molar-refractivity contribution in [2.75, 3.05) is 0 Å². The van der Waals surface area contributed by atoms with Crippen molar-refractivity contribution in [1.82, 2.24) is 4.57 Å². The number of pyridine rings is 1. The minimum Gasteiger partial charge on any atom is -0.478 e. The van der Waals surface area contributed by atoms with E-state index in [4.69, 9.17) is 5.11 Å². The molecule has 4 nitrogen and oxygen atoms in total. The number of aryl methyl sites for hydroxylation is 1.